The van der Waals surface area contributed by atoms with Crippen LogP contribution >= 0.6 is 0 Å². The highest BCUT2D eigenvalue weighted by molar-refractivity contribution is 5.89. The van der Waals surface area contributed by atoms with Gasteiger partial charge in [0.1, 0.15) is 17.9 Å². The van der Waals surface area contributed by atoms with Crippen molar-refractivity contribution in [2.45, 2.75) is 51.1 Å². The van der Waals surface area contributed by atoms with Crippen molar-refractivity contribution in [2.75, 3.05) is 33.8 Å². The third kappa shape index (κ3) is 6.37. The van der Waals surface area contributed by atoms with Gasteiger partial charge in [-0.2, -0.15) is 18.3 Å². The van der Waals surface area contributed by atoms with E-state index in [-0.39, 0.29) is 11.8 Å². The Morgan fingerprint density at radius 3 is 2.51 bits per heavy atom. The number of rotatable bonds is 7. The van der Waals surface area contributed by atoms with E-state index in [4.69, 9.17) is 4.74 Å². The van der Waals surface area contributed by atoms with Crippen molar-refractivity contribution in [3.8, 4) is 11.6 Å². The number of halogens is 3. The van der Waals surface area contributed by atoms with Gasteiger partial charge in [-0.3, -0.25) is 0 Å². The van der Waals surface area contributed by atoms with Crippen LogP contribution in [-0.2, 0) is 6.18 Å². The lowest BCUT2D eigenvalue weighted by molar-refractivity contribution is -0.143. The highest BCUT2D eigenvalue weighted by Crippen LogP contribution is 2.37. The Morgan fingerprint density at radius 1 is 1.12 bits per heavy atom. The molecule has 2 amide bonds. The Labute approximate surface area is 247 Å². The molecule has 0 bridgehead atoms. The minimum atomic E-state index is -4.93. The van der Waals surface area contributed by atoms with Crippen LogP contribution in [0.1, 0.15) is 70.9 Å². The van der Waals surface area contributed by atoms with E-state index in [1.165, 1.54) is 11.6 Å². The molecule has 0 unspecified atom stereocenters. The van der Waals surface area contributed by atoms with E-state index >= 15 is 0 Å². The number of carboxylic acids is 1. The number of aryl methyl sites for hydroxylation is 1. The zero-order valence-corrected chi connectivity index (χ0v) is 24.3. The van der Waals surface area contributed by atoms with Crippen molar-refractivity contribution in [3.05, 3.63) is 76.2 Å². The van der Waals surface area contributed by atoms with Gasteiger partial charge in [0, 0.05) is 27.2 Å². The Balaban J connectivity index is 1.30. The van der Waals surface area contributed by atoms with E-state index in [1.807, 2.05) is 17.9 Å². The number of carbonyl (C=O) groups excluding carboxylic acids is 1. The molecule has 2 aliphatic rings. The van der Waals surface area contributed by atoms with Crippen LogP contribution in [0.4, 0.5) is 18.0 Å². The number of aromatic nitrogens is 3. The molecule has 3 aromatic rings. The third-order valence-electron chi connectivity index (χ3n) is 8.08. The molecule has 9 nitrogen and oxygen atoms in total. The van der Waals surface area contributed by atoms with Gasteiger partial charge in [-0.15, -0.1) is 0 Å². The summed E-state index contributed by atoms with van der Waals surface area (Å²) in [5, 5.41) is 12.9. The molecular formula is C31H34F3N5O4. The number of aromatic carboxylic acids is 1. The predicted octanol–water partition coefficient (Wildman–Crippen LogP) is 6.17. The average Bonchev–Trinajstić information content (AvgIpc) is 3.64. The lowest BCUT2D eigenvalue weighted by atomic mass is 9.88. The van der Waals surface area contributed by atoms with Crippen LogP contribution in [-0.4, -0.2) is 75.5 Å². The number of piperidine rings is 1. The molecule has 1 aliphatic carbocycles. The maximum absolute atomic E-state index is 13.8. The van der Waals surface area contributed by atoms with Crippen molar-refractivity contribution >= 4 is 17.6 Å². The highest BCUT2D eigenvalue weighted by Gasteiger charge is 2.41. The molecule has 3 heterocycles. The lowest BCUT2D eigenvalue weighted by Crippen LogP contribution is -2.43. The molecule has 0 saturated carbocycles. The Kier molecular flexibility index (Phi) is 8.48. The van der Waals surface area contributed by atoms with Crippen LogP contribution in [0.2, 0.25) is 0 Å². The lowest BCUT2D eigenvalue weighted by Gasteiger charge is -2.34. The maximum atomic E-state index is 13.8. The van der Waals surface area contributed by atoms with Crippen LogP contribution in [0.3, 0.4) is 0 Å². The second-order valence-corrected chi connectivity index (χ2v) is 11.2. The van der Waals surface area contributed by atoms with Crippen LogP contribution in [0.25, 0.3) is 11.4 Å². The van der Waals surface area contributed by atoms with E-state index < -0.39 is 23.4 Å². The van der Waals surface area contributed by atoms with Gasteiger partial charge in [0.25, 0.3) is 0 Å². The number of hydrogen-bond donors (Lipinski definition) is 1. The molecule has 228 valence electrons. The largest absolute Gasteiger partial charge is 0.489 e. The van der Waals surface area contributed by atoms with Crippen molar-refractivity contribution in [1.29, 1.82) is 0 Å². The fourth-order valence-electron chi connectivity index (χ4n) is 5.88. The number of hydrogen-bond acceptors (Lipinski definition) is 5. The molecule has 0 spiro atoms. The van der Waals surface area contributed by atoms with Gasteiger partial charge in [-0.1, -0.05) is 18.2 Å². The first-order chi connectivity index (χ1) is 20.4. The normalized spacial score (nSPS) is 16.1. The Hall–Kier alpha value is -4.35. The van der Waals surface area contributed by atoms with Gasteiger partial charge in [-0.25, -0.2) is 19.3 Å². The predicted molar refractivity (Wildman–Crippen MR) is 153 cm³/mol. The average molecular weight is 598 g/mol. The molecule has 1 aromatic carbocycles. The number of carbonyl (C=O) groups is 2. The summed E-state index contributed by atoms with van der Waals surface area (Å²) in [7, 11) is 3.53. The monoisotopic (exact) mass is 597 g/mol. The molecule has 0 atom stereocenters. The van der Waals surface area contributed by atoms with Gasteiger partial charge in [0.05, 0.1) is 11.9 Å². The second-order valence-electron chi connectivity index (χ2n) is 11.2. The number of pyridine rings is 1. The summed E-state index contributed by atoms with van der Waals surface area (Å²) < 4.78 is 48.0. The molecule has 5 rings (SSSR count). The first kappa shape index (κ1) is 30.1. The van der Waals surface area contributed by atoms with Crippen LogP contribution < -0.4 is 4.74 Å². The number of likely N-dealkylation sites (tertiary alicyclic amines) is 1. The summed E-state index contributed by atoms with van der Waals surface area (Å²) in [5.41, 5.74) is 2.38. The van der Waals surface area contributed by atoms with Crippen LogP contribution in [0.15, 0.2) is 48.2 Å². The molecule has 12 heteroatoms. The molecule has 1 fully saturated rings. The van der Waals surface area contributed by atoms with E-state index in [0.29, 0.717) is 35.5 Å². The van der Waals surface area contributed by atoms with Crippen molar-refractivity contribution in [3.63, 3.8) is 0 Å². The molecular weight excluding hydrogens is 563 g/mol. The number of benzene rings is 1. The molecule has 1 N–H and O–H groups in total. The first-order valence-electron chi connectivity index (χ1n) is 14.2. The summed E-state index contributed by atoms with van der Waals surface area (Å²) in [5.74, 6) is -0.684. The minimum Gasteiger partial charge on any atom is -0.489 e. The van der Waals surface area contributed by atoms with E-state index in [2.05, 4.69) is 22.2 Å². The maximum Gasteiger partial charge on any atom is 0.434 e. The summed E-state index contributed by atoms with van der Waals surface area (Å²) in [6.45, 7) is 3.78. The van der Waals surface area contributed by atoms with Gasteiger partial charge in [0.15, 0.2) is 11.5 Å². The quantitative estimate of drug-likeness (QED) is 0.350. The third-order valence-corrected chi connectivity index (χ3v) is 8.08. The molecule has 1 saturated heterocycles. The topological polar surface area (TPSA) is 101 Å². The van der Waals surface area contributed by atoms with Gasteiger partial charge < -0.3 is 19.6 Å². The Morgan fingerprint density at radius 2 is 1.86 bits per heavy atom. The zero-order valence-electron chi connectivity index (χ0n) is 24.3. The standard InChI is InChI=1S/C31H34F3N5O4/c1-19-16-21(20-12-14-38(15-13-20)30(42)37(2)3)10-11-26(19)43-18-22-6-4-7-23(22)25-8-5-9-27(36-25)39-28(31(32,33)34)24(17-35-39)29(40)41/h5,8-11,16-17,20H,4,6-7,12-15,18H2,1-3H3,(H,40,41). The highest BCUT2D eigenvalue weighted by atomic mass is 19.4. The second kappa shape index (κ2) is 12.1. The summed E-state index contributed by atoms with van der Waals surface area (Å²) in [6.07, 6.45) is -0.0787. The fraction of sp³-hybridized carbons (Fsp3) is 0.419. The van der Waals surface area contributed by atoms with Gasteiger partial charge >= 0.3 is 18.2 Å². The van der Waals surface area contributed by atoms with E-state index in [9.17, 15) is 27.9 Å². The zero-order chi connectivity index (χ0) is 30.9. The molecule has 2 aromatic heterocycles. The molecule has 1 aliphatic heterocycles. The van der Waals surface area contributed by atoms with Crippen molar-refractivity contribution < 1.29 is 32.6 Å². The van der Waals surface area contributed by atoms with Gasteiger partial charge in [0.2, 0.25) is 0 Å². The minimum absolute atomic E-state index is 0.0423. The Bertz CT molecular complexity index is 1550. The van der Waals surface area contributed by atoms with Crippen LogP contribution in [0, 0.1) is 6.92 Å². The number of allylic oxidation sites excluding steroid dienone is 1. The van der Waals surface area contributed by atoms with Crippen LogP contribution in [0.5, 0.6) is 5.75 Å². The first-order valence-corrected chi connectivity index (χ1v) is 14.2. The number of ether oxygens (including phenoxy) is 1. The molecule has 0 radical (unpaired) electrons. The van der Waals surface area contributed by atoms with E-state index in [0.717, 1.165) is 61.2 Å². The fourth-order valence-corrected chi connectivity index (χ4v) is 5.88. The number of urea groups is 1. The summed E-state index contributed by atoms with van der Waals surface area (Å²) in [6, 6.07) is 10.9. The number of amides is 2. The van der Waals surface area contributed by atoms with Crippen molar-refractivity contribution in [1.82, 2.24) is 24.6 Å². The smallest absolute Gasteiger partial charge is 0.434 e. The summed E-state index contributed by atoms with van der Waals surface area (Å²) >= 11 is 0. The van der Waals surface area contributed by atoms with E-state index in [1.54, 1.807) is 31.1 Å². The van der Waals surface area contributed by atoms with Crippen molar-refractivity contribution in [2.24, 2.45) is 0 Å². The molecule has 43 heavy (non-hydrogen) atoms. The number of carboxylic acid groups (broad SMARTS) is 1. The number of alkyl halides is 3. The van der Waals surface area contributed by atoms with Gasteiger partial charge in [-0.05, 0) is 85.4 Å². The number of nitrogens with zero attached hydrogens (tertiary/aromatic N) is 5. The summed E-state index contributed by atoms with van der Waals surface area (Å²) in [4.78, 5) is 31.6. The SMILES string of the molecule is Cc1cc(C2CCN(C(=O)N(C)C)CC2)ccc1OCC1=C(c2cccc(-n3ncc(C(=O)O)c3C(F)(F)F)n2)CCC1.